The molecule has 170 valence electrons. The van der Waals surface area contributed by atoms with E-state index in [1.54, 1.807) is 0 Å². The van der Waals surface area contributed by atoms with E-state index in [4.69, 9.17) is 16.6 Å². The van der Waals surface area contributed by atoms with Crippen LogP contribution in [0.15, 0.2) is 0 Å². The van der Waals surface area contributed by atoms with Gasteiger partial charge < -0.3 is 21.9 Å². The van der Waals surface area contributed by atoms with Crippen LogP contribution in [0.5, 0.6) is 0 Å². The summed E-state index contributed by atoms with van der Waals surface area (Å²) < 4.78 is 0. The maximum atomic E-state index is 11.9. The molecule has 0 unspecified atom stereocenters. The highest BCUT2D eigenvalue weighted by Gasteiger charge is 2.22. The zero-order valence-electron chi connectivity index (χ0n) is 18.3. The van der Waals surface area contributed by atoms with Crippen molar-refractivity contribution < 1.29 is 19.5 Å². The second-order valence-corrected chi connectivity index (χ2v) is 8.12. The van der Waals surface area contributed by atoms with Crippen LogP contribution in [0, 0.1) is 0 Å². The lowest BCUT2D eigenvalue weighted by Gasteiger charge is -2.15. The average molecular weight is 414 g/mol. The van der Waals surface area contributed by atoms with Gasteiger partial charge in [0.25, 0.3) is 0 Å². The SMILES string of the molecule is CCCCCCCCCCCCCCC[C@H](N)CC(=O)N[C@@H](CC(N)=O)C(=O)O. The summed E-state index contributed by atoms with van der Waals surface area (Å²) in [6.07, 6.45) is 17.0. The van der Waals surface area contributed by atoms with Gasteiger partial charge in [0.05, 0.1) is 6.42 Å². The molecule has 0 saturated carbocycles. The van der Waals surface area contributed by atoms with E-state index in [2.05, 4.69) is 12.2 Å². The molecule has 0 aliphatic heterocycles. The molecule has 0 rings (SSSR count). The van der Waals surface area contributed by atoms with Gasteiger partial charge in [-0.2, -0.15) is 0 Å². The summed E-state index contributed by atoms with van der Waals surface area (Å²) in [5.41, 5.74) is 11.0. The van der Waals surface area contributed by atoms with Gasteiger partial charge in [-0.25, -0.2) is 4.79 Å². The quantitative estimate of drug-likeness (QED) is 0.226. The highest BCUT2D eigenvalue weighted by molar-refractivity contribution is 5.88. The Labute approximate surface area is 176 Å². The maximum Gasteiger partial charge on any atom is 0.326 e. The number of unbranched alkanes of at least 4 members (excludes halogenated alkanes) is 12. The smallest absolute Gasteiger partial charge is 0.326 e. The summed E-state index contributed by atoms with van der Waals surface area (Å²) in [6, 6.07) is -1.59. The van der Waals surface area contributed by atoms with Crippen molar-refractivity contribution in [3.8, 4) is 0 Å². The lowest BCUT2D eigenvalue weighted by Crippen LogP contribution is -2.44. The number of hydrogen-bond donors (Lipinski definition) is 4. The Kier molecular flexibility index (Phi) is 17.4. The largest absolute Gasteiger partial charge is 0.480 e. The topological polar surface area (TPSA) is 136 Å². The van der Waals surface area contributed by atoms with E-state index in [1.807, 2.05) is 0 Å². The summed E-state index contributed by atoms with van der Waals surface area (Å²) in [7, 11) is 0. The third kappa shape index (κ3) is 18.2. The monoisotopic (exact) mass is 413 g/mol. The van der Waals surface area contributed by atoms with Gasteiger partial charge in [-0.1, -0.05) is 90.4 Å². The third-order valence-electron chi connectivity index (χ3n) is 5.16. The molecule has 0 aromatic rings. The molecule has 0 aliphatic carbocycles. The fraction of sp³-hybridized carbons (Fsp3) is 0.864. The van der Waals surface area contributed by atoms with Gasteiger partial charge in [0.2, 0.25) is 11.8 Å². The van der Waals surface area contributed by atoms with Crippen molar-refractivity contribution in [3.63, 3.8) is 0 Å². The number of carboxylic acids is 1. The molecule has 0 aliphatic rings. The van der Waals surface area contributed by atoms with Crippen LogP contribution in [-0.2, 0) is 14.4 Å². The second-order valence-electron chi connectivity index (χ2n) is 8.12. The Morgan fingerprint density at radius 1 is 0.793 bits per heavy atom. The molecular weight excluding hydrogens is 370 g/mol. The molecule has 0 radical (unpaired) electrons. The van der Waals surface area contributed by atoms with Gasteiger partial charge in [0.15, 0.2) is 0 Å². The van der Waals surface area contributed by atoms with Crippen LogP contribution in [0.2, 0.25) is 0 Å². The van der Waals surface area contributed by atoms with Crippen LogP contribution in [0.3, 0.4) is 0 Å². The van der Waals surface area contributed by atoms with Crippen molar-refractivity contribution >= 4 is 17.8 Å². The molecule has 7 heteroatoms. The molecule has 0 aromatic carbocycles. The van der Waals surface area contributed by atoms with Crippen molar-refractivity contribution in [2.75, 3.05) is 0 Å². The molecule has 29 heavy (non-hydrogen) atoms. The molecule has 6 N–H and O–H groups in total. The predicted molar refractivity (Wildman–Crippen MR) is 116 cm³/mol. The summed E-state index contributed by atoms with van der Waals surface area (Å²) in [5.74, 6) is -2.50. The van der Waals surface area contributed by atoms with Gasteiger partial charge in [0, 0.05) is 12.5 Å². The van der Waals surface area contributed by atoms with E-state index in [1.165, 1.54) is 70.6 Å². The van der Waals surface area contributed by atoms with Crippen LogP contribution in [-0.4, -0.2) is 35.0 Å². The first-order chi connectivity index (χ1) is 13.9. The molecule has 7 nitrogen and oxygen atoms in total. The third-order valence-corrected chi connectivity index (χ3v) is 5.16. The van der Waals surface area contributed by atoms with E-state index < -0.39 is 30.2 Å². The van der Waals surface area contributed by atoms with Gasteiger partial charge in [-0.05, 0) is 6.42 Å². The van der Waals surface area contributed by atoms with E-state index in [9.17, 15) is 14.4 Å². The molecular formula is C22H43N3O4. The first-order valence-corrected chi connectivity index (χ1v) is 11.4. The number of carboxylic acid groups (broad SMARTS) is 1. The first-order valence-electron chi connectivity index (χ1n) is 11.4. The normalized spacial score (nSPS) is 13.0. The minimum atomic E-state index is -1.29. The van der Waals surface area contributed by atoms with Gasteiger partial charge in [-0.15, -0.1) is 0 Å². The van der Waals surface area contributed by atoms with E-state index >= 15 is 0 Å². The Hall–Kier alpha value is -1.63. The van der Waals surface area contributed by atoms with E-state index in [0.29, 0.717) is 0 Å². The van der Waals surface area contributed by atoms with E-state index in [0.717, 1.165) is 19.3 Å². The Bertz CT molecular complexity index is 457. The molecule has 0 saturated heterocycles. The average Bonchev–Trinajstić information content (AvgIpc) is 2.64. The van der Waals surface area contributed by atoms with Crippen LogP contribution in [0.4, 0.5) is 0 Å². The molecule has 0 heterocycles. The van der Waals surface area contributed by atoms with Gasteiger partial charge in [-0.3, -0.25) is 9.59 Å². The second kappa shape index (κ2) is 18.4. The summed E-state index contributed by atoms with van der Waals surface area (Å²) in [4.78, 5) is 33.7. The first kappa shape index (κ1) is 27.4. The van der Waals surface area contributed by atoms with Crippen molar-refractivity contribution in [2.24, 2.45) is 11.5 Å². The number of carbonyl (C=O) groups excluding carboxylic acids is 2. The molecule has 2 amide bonds. The number of carbonyl (C=O) groups is 3. The van der Waals surface area contributed by atoms with Gasteiger partial charge in [0.1, 0.15) is 6.04 Å². The van der Waals surface area contributed by atoms with Crippen LogP contribution < -0.4 is 16.8 Å². The van der Waals surface area contributed by atoms with Crippen molar-refractivity contribution in [2.45, 2.75) is 122 Å². The Balaban J connectivity index is 3.59. The summed E-state index contributed by atoms with van der Waals surface area (Å²) >= 11 is 0. The number of amides is 2. The number of primary amides is 1. The Morgan fingerprint density at radius 3 is 1.66 bits per heavy atom. The molecule has 0 fully saturated rings. The number of rotatable bonds is 20. The van der Waals surface area contributed by atoms with Crippen LogP contribution >= 0.6 is 0 Å². The zero-order chi connectivity index (χ0) is 21.9. The lowest BCUT2D eigenvalue weighted by molar-refractivity contribution is -0.143. The number of hydrogen-bond acceptors (Lipinski definition) is 4. The fourth-order valence-corrected chi connectivity index (χ4v) is 3.42. The molecule has 2 atom stereocenters. The summed E-state index contributed by atoms with van der Waals surface area (Å²) in [5, 5.41) is 11.3. The van der Waals surface area contributed by atoms with Crippen LogP contribution in [0.1, 0.15) is 110 Å². The number of nitrogens with two attached hydrogens (primary N) is 2. The Morgan fingerprint density at radius 2 is 1.24 bits per heavy atom. The van der Waals surface area contributed by atoms with Crippen molar-refractivity contribution in [1.82, 2.24) is 5.32 Å². The van der Waals surface area contributed by atoms with Crippen LogP contribution in [0.25, 0.3) is 0 Å². The minimum absolute atomic E-state index is 0.0563. The molecule has 0 spiro atoms. The highest BCUT2D eigenvalue weighted by Crippen LogP contribution is 2.13. The standard InChI is InChI=1S/C22H43N3O4/c1-2-3-4-5-6-7-8-9-10-11-12-13-14-15-18(23)16-21(27)25-19(22(28)29)17-20(24)26/h18-19H,2-17,23H2,1H3,(H2,24,26)(H,25,27)(H,28,29)/t18-,19-/m0/s1. The van der Waals surface area contributed by atoms with Gasteiger partial charge >= 0.3 is 5.97 Å². The zero-order valence-corrected chi connectivity index (χ0v) is 18.3. The number of nitrogens with one attached hydrogen (secondary N) is 1. The van der Waals surface area contributed by atoms with E-state index in [-0.39, 0.29) is 12.5 Å². The van der Waals surface area contributed by atoms with Crippen molar-refractivity contribution in [3.05, 3.63) is 0 Å². The predicted octanol–water partition coefficient (Wildman–Crippen LogP) is 3.63. The maximum absolute atomic E-state index is 11.9. The van der Waals surface area contributed by atoms with Crippen molar-refractivity contribution in [1.29, 1.82) is 0 Å². The fourth-order valence-electron chi connectivity index (χ4n) is 3.42. The number of aliphatic carboxylic acids is 1. The lowest BCUT2D eigenvalue weighted by atomic mass is 10.0. The highest BCUT2D eigenvalue weighted by atomic mass is 16.4. The summed E-state index contributed by atoms with van der Waals surface area (Å²) in [6.45, 7) is 2.25. The molecule has 0 aromatic heterocycles. The molecule has 0 bridgehead atoms. The minimum Gasteiger partial charge on any atom is -0.480 e.